The number of nitrogens with zero attached hydrogens (tertiary/aromatic N) is 3. The summed E-state index contributed by atoms with van der Waals surface area (Å²) in [5, 5.41) is 7.73. The second-order valence-corrected chi connectivity index (χ2v) is 7.33. The van der Waals surface area contributed by atoms with Gasteiger partial charge in [0, 0.05) is 19.8 Å². The number of oxazole rings is 1. The molecule has 1 saturated heterocycles. The fourth-order valence-corrected chi connectivity index (χ4v) is 3.97. The highest BCUT2D eigenvalue weighted by atomic mass is 16.5. The predicted octanol–water partition coefficient (Wildman–Crippen LogP) is 1.37. The molecule has 150 valence electrons. The highest BCUT2D eigenvalue weighted by Crippen LogP contribution is 2.37. The zero-order valence-electron chi connectivity index (χ0n) is 15.9. The first-order valence-corrected chi connectivity index (χ1v) is 9.62. The van der Waals surface area contributed by atoms with Gasteiger partial charge in [-0.25, -0.2) is 9.78 Å². The van der Waals surface area contributed by atoms with Gasteiger partial charge < -0.3 is 19.2 Å². The van der Waals surface area contributed by atoms with Crippen molar-refractivity contribution in [1.82, 2.24) is 20.1 Å². The van der Waals surface area contributed by atoms with Crippen LogP contribution in [0.1, 0.15) is 52.0 Å². The molecule has 2 aliphatic rings. The molecule has 1 amide bonds. The van der Waals surface area contributed by atoms with Crippen LogP contribution in [-0.2, 0) is 28.9 Å². The van der Waals surface area contributed by atoms with Gasteiger partial charge in [-0.05, 0) is 31.1 Å². The quantitative estimate of drug-likeness (QED) is 0.771. The second-order valence-electron chi connectivity index (χ2n) is 7.33. The van der Waals surface area contributed by atoms with E-state index in [9.17, 15) is 9.59 Å². The number of ether oxygens (including phenoxy) is 2. The number of fused-ring (bicyclic) bond motifs is 1. The third-order valence-corrected chi connectivity index (χ3v) is 5.59. The predicted molar refractivity (Wildman–Crippen MR) is 96.9 cm³/mol. The highest BCUT2D eigenvalue weighted by molar-refractivity contribution is 5.97. The molecule has 1 fully saturated rings. The van der Waals surface area contributed by atoms with Gasteiger partial charge in [-0.3, -0.25) is 9.48 Å². The Balaban J connectivity index is 1.55. The summed E-state index contributed by atoms with van der Waals surface area (Å²) in [6, 6.07) is 0. The molecular weight excluding hydrogens is 364 g/mol. The van der Waals surface area contributed by atoms with Gasteiger partial charge in [-0.2, -0.15) is 5.10 Å². The van der Waals surface area contributed by atoms with E-state index in [-0.39, 0.29) is 23.6 Å². The van der Waals surface area contributed by atoms with Gasteiger partial charge in [0.1, 0.15) is 12.9 Å². The number of aryl methyl sites for hydroxylation is 1. The Bertz CT molecular complexity index is 852. The first-order valence-electron chi connectivity index (χ1n) is 9.62. The van der Waals surface area contributed by atoms with E-state index in [2.05, 4.69) is 15.4 Å². The van der Waals surface area contributed by atoms with Crippen molar-refractivity contribution < 1.29 is 23.5 Å². The first-order chi connectivity index (χ1) is 13.6. The van der Waals surface area contributed by atoms with Gasteiger partial charge in [0.15, 0.2) is 12.1 Å². The van der Waals surface area contributed by atoms with Crippen LogP contribution in [0.3, 0.4) is 0 Å². The van der Waals surface area contributed by atoms with E-state index >= 15 is 0 Å². The molecule has 4 heterocycles. The van der Waals surface area contributed by atoms with Crippen molar-refractivity contribution in [2.24, 2.45) is 5.41 Å². The smallest absolute Gasteiger partial charge is 0.360 e. The molecule has 2 aromatic heterocycles. The van der Waals surface area contributed by atoms with Crippen LogP contribution in [0.5, 0.6) is 0 Å². The van der Waals surface area contributed by atoms with E-state index in [1.54, 1.807) is 0 Å². The van der Waals surface area contributed by atoms with E-state index < -0.39 is 5.97 Å². The van der Waals surface area contributed by atoms with E-state index in [0.29, 0.717) is 38.3 Å². The van der Waals surface area contributed by atoms with Crippen LogP contribution in [0.15, 0.2) is 17.1 Å². The minimum Gasteiger partial charge on any atom is -0.459 e. The van der Waals surface area contributed by atoms with E-state index in [1.165, 1.54) is 12.7 Å². The van der Waals surface area contributed by atoms with Crippen LogP contribution < -0.4 is 5.32 Å². The Morgan fingerprint density at radius 2 is 2.21 bits per heavy atom. The minimum atomic E-state index is -0.540. The molecule has 28 heavy (non-hydrogen) atoms. The Morgan fingerprint density at radius 1 is 1.39 bits per heavy atom. The fourth-order valence-electron chi connectivity index (χ4n) is 3.97. The van der Waals surface area contributed by atoms with Gasteiger partial charge in [-0.1, -0.05) is 6.92 Å². The summed E-state index contributed by atoms with van der Waals surface area (Å²) in [7, 11) is 0. The maximum Gasteiger partial charge on any atom is 0.360 e. The zero-order chi connectivity index (χ0) is 19.6. The molecule has 0 radical (unpaired) electrons. The van der Waals surface area contributed by atoms with E-state index in [4.69, 9.17) is 13.9 Å². The van der Waals surface area contributed by atoms with Crippen molar-refractivity contribution >= 4 is 11.9 Å². The molecule has 0 aliphatic carbocycles. The van der Waals surface area contributed by atoms with Crippen LogP contribution in [-0.4, -0.2) is 53.0 Å². The van der Waals surface area contributed by atoms with Gasteiger partial charge >= 0.3 is 5.97 Å². The zero-order valence-corrected chi connectivity index (χ0v) is 15.9. The molecule has 0 bridgehead atoms. The first kappa shape index (κ1) is 18.7. The standard InChI is InChI=1S/C19H24N4O5/c1-2-13-16-15(9-19(11-20-17(16)24)3-6-26-7-4-19)23(22-13)5-8-28-18(25)14-10-27-12-21-14/h10,12H,2-9,11H2,1H3,(H,20,24). The molecule has 0 atom stereocenters. The summed E-state index contributed by atoms with van der Waals surface area (Å²) in [4.78, 5) is 28.5. The van der Waals surface area contributed by atoms with Crippen LogP contribution in [0.2, 0.25) is 0 Å². The Morgan fingerprint density at radius 3 is 2.93 bits per heavy atom. The largest absolute Gasteiger partial charge is 0.459 e. The number of amides is 1. The summed E-state index contributed by atoms with van der Waals surface area (Å²) < 4.78 is 17.4. The molecule has 9 nitrogen and oxygen atoms in total. The minimum absolute atomic E-state index is 0.0145. The van der Waals surface area contributed by atoms with Crippen molar-refractivity contribution in [1.29, 1.82) is 0 Å². The number of rotatable bonds is 5. The van der Waals surface area contributed by atoms with Crippen molar-refractivity contribution in [3.8, 4) is 0 Å². The third kappa shape index (κ3) is 3.54. The van der Waals surface area contributed by atoms with Gasteiger partial charge in [0.25, 0.3) is 5.91 Å². The number of carbonyl (C=O) groups excluding carboxylic acids is 2. The van der Waals surface area contributed by atoms with Gasteiger partial charge in [-0.15, -0.1) is 0 Å². The normalized spacial score (nSPS) is 18.4. The second kappa shape index (κ2) is 7.75. The third-order valence-electron chi connectivity index (χ3n) is 5.59. The molecule has 0 aromatic carbocycles. The summed E-state index contributed by atoms with van der Waals surface area (Å²) in [5.41, 5.74) is 2.49. The van der Waals surface area contributed by atoms with Crippen molar-refractivity contribution in [3.05, 3.63) is 35.3 Å². The summed E-state index contributed by atoms with van der Waals surface area (Å²) in [6.07, 6.45) is 5.66. The monoisotopic (exact) mass is 388 g/mol. The molecule has 2 aromatic rings. The average Bonchev–Trinajstić information content (AvgIpc) is 3.33. The maximum atomic E-state index is 12.8. The topological polar surface area (TPSA) is 108 Å². The number of hydrogen-bond acceptors (Lipinski definition) is 7. The van der Waals surface area contributed by atoms with Crippen molar-refractivity contribution in [2.45, 2.75) is 39.2 Å². The molecule has 9 heteroatoms. The summed E-state index contributed by atoms with van der Waals surface area (Å²) in [5.74, 6) is -0.609. The summed E-state index contributed by atoms with van der Waals surface area (Å²) in [6.45, 7) is 4.56. The molecule has 2 aliphatic heterocycles. The number of aromatic nitrogens is 3. The maximum absolute atomic E-state index is 12.8. The summed E-state index contributed by atoms with van der Waals surface area (Å²) >= 11 is 0. The van der Waals surface area contributed by atoms with Crippen molar-refractivity contribution in [3.63, 3.8) is 0 Å². The SMILES string of the molecule is CCc1nn(CCOC(=O)c2cocn2)c2c1C(=O)NCC1(CCOCC1)C2. The van der Waals surface area contributed by atoms with Crippen LogP contribution in [0, 0.1) is 5.41 Å². The molecule has 0 saturated carbocycles. The molecular formula is C19H24N4O5. The highest BCUT2D eigenvalue weighted by Gasteiger charge is 2.39. The lowest BCUT2D eigenvalue weighted by molar-refractivity contribution is 0.0150. The Hall–Kier alpha value is -2.68. The van der Waals surface area contributed by atoms with Crippen molar-refractivity contribution in [2.75, 3.05) is 26.4 Å². The van der Waals surface area contributed by atoms with Gasteiger partial charge in [0.05, 0.1) is 23.5 Å². The lowest BCUT2D eigenvalue weighted by atomic mass is 9.76. The molecule has 4 rings (SSSR count). The molecule has 1 spiro atoms. The van der Waals surface area contributed by atoms with E-state index in [1.807, 2.05) is 11.6 Å². The number of hydrogen-bond donors (Lipinski definition) is 1. The van der Waals surface area contributed by atoms with E-state index in [0.717, 1.165) is 30.7 Å². The number of nitrogens with one attached hydrogen (secondary N) is 1. The lowest BCUT2D eigenvalue weighted by Gasteiger charge is -2.36. The lowest BCUT2D eigenvalue weighted by Crippen LogP contribution is -2.40. The number of carbonyl (C=O) groups is 2. The Labute approximate surface area is 162 Å². The van der Waals surface area contributed by atoms with Crippen LogP contribution in [0.4, 0.5) is 0 Å². The van der Waals surface area contributed by atoms with Crippen LogP contribution in [0.25, 0.3) is 0 Å². The number of esters is 1. The molecule has 1 N–H and O–H groups in total. The molecule has 0 unspecified atom stereocenters. The van der Waals surface area contributed by atoms with Gasteiger partial charge in [0.2, 0.25) is 0 Å². The van der Waals surface area contributed by atoms with Crippen LogP contribution >= 0.6 is 0 Å². The Kier molecular flexibility index (Phi) is 5.17. The average molecular weight is 388 g/mol. The fraction of sp³-hybridized carbons (Fsp3) is 0.579.